The molecule has 80 heavy (non-hydrogen) atoms. The molecule has 17 unspecified atom stereocenters. The summed E-state index contributed by atoms with van der Waals surface area (Å²) in [5, 5.41) is 92.9. The quantitative estimate of drug-likeness (QED) is 0.0319. The third-order valence-electron chi connectivity index (χ3n) is 20.5. The van der Waals surface area contributed by atoms with Crippen LogP contribution in [-0.4, -0.2) is 121 Å². The number of fused-ring (bicyclic) bond motifs is 7. The maximum atomic E-state index is 13.9. The minimum atomic E-state index is -1.84. The van der Waals surface area contributed by atoms with Crippen LogP contribution in [0.4, 0.5) is 0 Å². The Morgan fingerprint density at radius 1 is 1.01 bits per heavy atom. The average Bonchev–Trinajstić information content (AvgIpc) is 4.31. The van der Waals surface area contributed by atoms with Crippen LogP contribution in [0.3, 0.4) is 0 Å². The molecule has 17 atom stereocenters. The molecule has 432 valence electrons. The Labute approximate surface area is 471 Å². The Morgan fingerprint density at radius 2 is 1.84 bits per heavy atom. The normalized spacial score (nSPS) is 35.9. The molecule has 4 aliphatic carbocycles. The maximum Gasteiger partial charge on any atom is 0.335 e. The molecule has 7 N–H and O–H groups in total. The number of carboxylic acid groups (broad SMARTS) is 1. The van der Waals surface area contributed by atoms with Gasteiger partial charge in [-0.05, 0) is 177 Å². The van der Waals surface area contributed by atoms with Crippen molar-refractivity contribution in [1.82, 2.24) is 4.57 Å². The highest BCUT2D eigenvalue weighted by atomic mass is 16.7. The number of unbranched alkanes of at least 4 members (excludes halogenated alkanes) is 2. The smallest absolute Gasteiger partial charge is 0.335 e. The first-order chi connectivity index (χ1) is 38.7. The number of aromatic carboxylic acids is 1. The lowest BCUT2D eigenvalue weighted by Gasteiger charge is -2.56. The van der Waals surface area contributed by atoms with E-state index in [4.69, 9.17) is 23.7 Å². The van der Waals surface area contributed by atoms with Gasteiger partial charge in [0.15, 0.2) is 5.60 Å². The van der Waals surface area contributed by atoms with Crippen molar-refractivity contribution < 1.29 is 64.2 Å². The van der Waals surface area contributed by atoms with E-state index in [0.29, 0.717) is 67.9 Å². The van der Waals surface area contributed by atoms with Crippen molar-refractivity contribution in [1.29, 1.82) is 5.26 Å². The molecular formula is C65H84N2O13. The van der Waals surface area contributed by atoms with Gasteiger partial charge in [-0.15, -0.1) is 6.58 Å². The monoisotopic (exact) mass is 1100 g/mol. The molecule has 3 aromatic rings. The van der Waals surface area contributed by atoms with Gasteiger partial charge in [0, 0.05) is 51.3 Å². The van der Waals surface area contributed by atoms with Gasteiger partial charge in [0.05, 0.1) is 47.8 Å². The summed E-state index contributed by atoms with van der Waals surface area (Å²) in [4.78, 5) is 12.0. The number of aliphatic hydroxyl groups is 6. The van der Waals surface area contributed by atoms with E-state index >= 15 is 0 Å². The molecule has 5 heterocycles. The van der Waals surface area contributed by atoms with Gasteiger partial charge >= 0.3 is 5.97 Å². The van der Waals surface area contributed by atoms with E-state index in [1.54, 1.807) is 37.7 Å². The van der Waals surface area contributed by atoms with Gasteiger partial charge in [0.1, 0.15) is 42.3 Å². The summed E-state index contributed by atoms with van der Waals surface area (Å²) >= 11 is 0. The average molecular weight is 1100 g/mol. The van der Waals surface area contributed by atoms with Crippen LogP contribution in [0.15, 0.2) is 85.4 Å². The Morgan fingerprint density at radius 3 is 2.56 bits per heavy atom. The highest BCUT2D eigenvalue weighted by Crippen LogP contribution is 2.75. The number of nitrogens with zero attached hydrogens (tertiary/aromatic N) is 2. The van der Waals surface area contributed by atoms with E-state index in [1.165, 1.54) is 0 Å². The highest BCUT2D eigenvalue weighted by molar-refractivity contribution is 5.87. The summed E-state index contributed by atoms with van der Waals surface area (Å²) in [5.74, 6) is 2.91. The van der Waals surface area contributed by atoms with Crippen LogP contribution in [-0.2, 0) is 31.8 Å². The van der Waals surface area contributed by atoms with Crippen molar-refractivity contribution in [2.24, 2.45) is 40.4 Å². The second-order valence-electron chi connectivity index (χ2n) is 24.8. The Bertz CT molecular complexity index is 2800. The minimum absolute atomic E-state index is 0.00306. The molecule has 2 aromatic carbocycles. The lowest BCUT2D eigenvalue weighted by Crippen LogP contribution is -2.71. The van der Waals surface area contributed by atoms with Gasteiger partial charge < -0.3 is 64.0 Å². The molecule has 8 aliphatic rings. The predicted molar refractivity (Wildman–Crippen MR) is 298 cm³/mol. The maximum absolute atomic E-state index is 13.9. The number of carbonyl (C=O) groups is 1. The van der Waals surface area contributed by atoms with Gasteiger partial charge in [-0.25, -0.2) is 4.79 Å². The summed E-state index contributed by atoms with van der Waals surface area (Å²) in [5.41, 5.74) is -0.267. The van der Waals surface area contributed by atoms with Crippen LogP contribution < -0.4 is 4.74 Å². The lowest BCUT2D eigenvalue weighted by atomic mass is 9.50. The second-order valence-corrected chi connectivity index (χ2v) is 24.8. The molecule has 1 aromatic heterocycles. The van der Waals surface area contributed by atoms with Crippen LogP contribution in [0.2, 0.25) is 0 Å². The molecule has 0 amide bonds. The van der Waals surface area contributed by atoms with Crippen molar-refractivity contribution in [2.75, 3.05) is 26.9 Å². The van der Waals surface area contributed by atoms with Crippen molar-refractivity contribution in [3.8, 4) is 23.8 Å². The van der Waals surface area contributed by atoms with E-state index in [-0.39, 0.29) is 80.2 Å². The Balaban J connectivity index is 1.07. The number of allylic oxidation sites excluding steroid dienone is 3. The van der Waals surface area contributed by atoms with Crippen LogP contribution in [0.5, 0.6) is 5.75 Å². The van der Waals surface area contributed by atoms with Gasteiger partial charge in [-0.1, -0.05) is 56.4 Å². The van der Waals surface area contributed by atoms with E-state index in [1.807, 2.05) is 41.0 Å². The van der Waals surface area contributed by atoms with Gasteiger partial charge in [-0.2, -0.15) is 5.26 Å². The number of aliphatic hydroxyl groups excluding tert-OH is 5. The fourth-order valence-corrected chi connectivity index (χ4v) is 17.1. The minimum Gasteiger partial charge on any atom is -0.482 e. The first-order valence-corrected chi connectivity index (χ1v) is 29.7. The largest absolute Gasteiger partial charge is 0.482 e. The van der Waals surface area contributed by atoms with Crippen LogP contribution in [0.25, 0.3) is 0 Å². The molecule has 3 spiro atoms. The zero-order chi connectivity index (χ0) is 56.4. The zero-order valence-electron chi connectivity index (χ0n) is 46.7. The number of nitriles is 1. The summed E-state index contributed by atoms with van der Waals surface area (Å²) < 4.78 is 35.5. The zero-order valence-corrected chi connectivity index (χ0v) is 46.7. The predicted octanol–water partition coefficient (Wildman–Crippen LogP) is 8.67. The number of ether oxygens (including phenoxy) is 5. The van der Waals surface area contributed by atoms with Crippen LogP contribution >= 0.6 is 0 Å². The number of benzene rings is 2. The van der Waals surface area contributed by atoms with Gasteiger partial charge in [-0.3, -0.25) is 0 Å². The standard InChI is InChI=1S/C65H84N2O13/c1-4-6-7-13-49-33-62(27-24-56-63(75,40-62)34-51-50(23-21-47-12-8-26-64(47,51)56)43-16-18-44(19-17-43)60(73)74)52-35-65(80-49)59(72)57(71)58(55(15-9-29-68)77-30-10-14-54(52)70)79-61(65)78-48-22-20-42(11-5-2)45(32-48)31-46(39-76-3)53(38-69)67-28-25-41(36-66)37-67/h5,16-20,22,25,28,32-33,37,46-47,50-59,61,68-72,75H,2,4,6-9,11-15,21,23-24,26-27,29,31,34-35,38-40H2,1,3H3,(H,73,74). The summed E-state index contributed by atoms with van der Waals surface area (Å²) in [6.07, 6.45) is 14.4. The van der Waals surface area contributed by atoms with Gasteiger partial charge in [0.2, 0.25) is 6.29 Å². The van der Waals surface area contributed by atoms with E-state index in [9.17, 15) is 45.8 Å². The van der Waals surface area contributed by atoms with Crippen molar-refractivity contribution in [2.45, 2.75) is 189 Å². The molecule has 15 heteroatoms. The molecule has 5 fully saturated rings. The molecule has 1 saturated heterocycles. The number of methoxy groups -OCH3 is 1. The SMILES string of the molecule is C=CCc1ccc(OC2OC3C(CCCO)OC#CCC(O)C4CC2(OC(CCCCC)=CC42CCC4C(O)(CC5C(c6ccc(C(=O)O)cc6)CCC6CCCC654)C2)C(O)C3O)cc1CC(COC)C(CO)n1ccc(C#N)c1. The number of aromatic nitrogens is 1. The number of carboxylic acids is 1. The topological polar surface area (TPSA) is 234 Å². The molecular weight excluding hydrogens is 1020 g/mol. The first kappa shape index (κ1) is 58.0. The number of hydrogen-bond donors (Lipinski definition) is 7. The Hall–Kier alpha value is -5.20. The molecule has 15 nitrogen and oxygen atoms in total. The summed E-state index contributed by atoms with van der Waals surface area (Å²) in [6.45, 7) is 6.09. The van der Waals surface area contributed by atoms with Crippen molar-refractivity contribution in [3.63, 3.8) is 0 Å². The number of hydrogen-bond acceptors (Lipinski definition) is 13. The fourth-order valence-electron chi connectivity index (χ4n) is 17.1. The van der Waals surface area contributed by atoms with E-state index in [2.05, 4.69) is 37.7 Å². The van der Waals surface area contributed by atoms with Gasteiger partial charge in [0.25, 0.3) is 0 Å². The summed E-state index contributed by atoms with van der Waals surface area (Å²) in [7, 11) is 1.62. The number of rotatable bonds is 20. The molecule has 11 rings (SSSR count). The second kappa shape index (κ2) is 24.3. The molecule has 3 bridgehead atoms. The molecule has 0 radical (unpaired) electrons. The molecule has 4 aliphatic heterocycles. The van der Waals surface area contributed by atoms with Crippen molar-refractivity contribution >= 4 is 5.97 Å². The van der Waals surface area contributed by atoms with Crippen molar-refractivity contribution in [3.05, 3.63) is 113 Å². The fraction of sp³-hybridized carbons (Fsp3) is 0.631. The third kappa shape index (κ3) is 10.8. The molecule has 4 saturated carbocycles. The van der Waals surface area contributed by atoms with Crippen LogP contribution in [0.1, 0.15) is 161 Å². The van der Waals surface area contributed by atoms with E-state index in [0.717, 1.165) is 68.1 Å². The Kier molecular flexibility index (Phi) is 17.6. The lowest BCUT2D eigenvalue weighted by molar-refractivity contribution is -0.337. The third-order valence-corrected chi connectivity index (χ3v) is 20.5. The summed E-state index contributed by atoms with van der Waals surface area (Å²) in [6, 6.07) is 16.5. The van der Waals surface area contributed by atoms with Crippen LogP contribution in [0, 0.1) is 63.8 Å². The first-order valence-electron chi connectivity index (χ1n) is 29.7. The van der Waals surface area contributed by atoms with E-state index < -0.39 is 71.4 Å². The highest BCUT2D eigenvalue weighted by Gasteiger charge is 2.72.